The lowest BCUT2D eigenvalue weighted by Crippen LogP contribution is -2.29. The van der Waals surface area contributed by atoms with E-state index in [0.717, 1.165) is 0 Å². The zero-order valence-electron chi connectivity index (χ0n) is 11.0. The van der Waals surface area contributed by atoms with Crippen molar-refractivity contribution in [1.29, 1.82) is 0 Å². The molecule has 6 heteroatoms. The average Bonchev–Trinajstić information content (AvgIpc) is 2.27. The number of nitrogens with zero attached hydrogens (tertiary/aromatic N) is 1. The second-order valence-corrected chi connectivity index (χ2v) is 4.76. The number of carbonyl (C=O) groups excluding carboxylic acids is 1. The molecule has 0 radical (unpaired) electrons. The molecule has 0 saturated heterocycles. The van der Waals surface area contributed by atoms with E-state index in [-0.39, 0.29) is 5.56 Å². The Kier molecular flexibility index (Phi) is 4.63. The second kappa shape index (κ2) is 5.99. The van der Waals surface area contributed by atoms with Crippen molar-refractivity contribution in [2.24, 2.45) is 5.10 Å². The number of hydrazone groups is 1. The fraction of sp³-hybridized carbons (Fsp3) is 0.308. The highest BCUT2D eigenvalue weighted by atomic mass is 16.6. The summed E-state index contributed by atoms with van der Waals surface area (Å²) in [5, 5.41) is 12.6. The highest BCUT2D eigenvalue weighted by Gasteiger charge is 2.15. The first kappa shape index (κ1) is 14.7. The monoisotopic (exact) mass is 264 g/mol. The van der Waals surface area contributed by atoms with E-state index in [0.29, 0.717) is 5.56 Å². The maximum Gasteiger partial charge on any atom is 0.428 e. The molecular formula is C13H16N2O4. The van der Waals surface area contributed by atoms with E-state index in [9.17, 15) is 9.59 Å². The topological polar surface area (TPSA) is 88.0 Å². The van der Waals surface area contributed by atoms with Crippen LogP contribution < -0.4 is 5.43 Å². The molecule has 0 bridgehead atoms. The summed E-state index contributed by atoms with van der Waals surface area (Å²) in [5.41, 5.74) is 2.06. The van der Waals surface area contributed by atoms with Gasteiger partial charge in [0.2, 0.25) is 0 Å². The van der Waals surface area contributed by atoms with Gasteiger partial charge in [-0.3, -0.25) is 0 Å². The summed E-state index contributed by atoms with van der Waals surface area (Å²) in [5.74, 6) is -1.06. The van der Waals surface area contributed by atoms with Gasteiger partial charge in [-0.05, 0) is 26.8 Å². The highest BCUT2D eigenvalue weighted by molar-refractivity contribution is 5.98. The first-order chi connectivity index (χ1) is 8.79. The SMILES string of the molecule is CC(C)(C)OC(=O)N/N=C/c1ccccc1C(=O)O. The Morgan fingerprint density at radius 1 is 1.32 bits per heavy atom. The number of hydrogen-bond acceptors (Lipinski definition) is 4. The predicted octanol–water partition coefficient (Wildman–Crippen LogP) is 2.24. The van der Waals surface area contributed by atoms with Gasteiger partial charge in [0.05, 0.1) is 11.8 Å². The molecule has 19 heavy (non-hydrogen) atoms. The van der Waals surface area contributed by atoms with Crippen LogP contribution >= 0.6 is 0 Å². The van der Waals surface area contributed by atoms with Gasteiger partial charge >= 0.3 is 12.1 Å². The van der Waals surface area contributed by atoms with Crippen molar-refractivity contribution in [2.45, 2.75) is 26.4 Å². The van der Waals surface area contributed by atoms with Crippen molar-refractivity contribution in [3.63, 3.8) is 0 Å². The maximum atomic E-state index is 11.3. The van der Waals surface area contributed by atoms with Crippen LogP contribution in [0.3, 0.4) is 0 Å². The van der Waals surface area contributed by atoms with Crippen molar-refractivity contribution in [3.8, 4) is 0 Å². The summed E-state index contributed by atoms with van der Waals surface area (Å²) < 4.78 is 4.97. The van der Waals surface area contributed by atoms with Gasteiger partial charge in [0.1, 0.15) is 5.60 Å². The molecule has 1 aromatic carbocycles. The van der Waals surface area contributed by atoms with E-state index in [2.05, 4.69) is 10.5 Å². The normalized spacial score (nSPS) is 11.3. The van der Waals surface area contributed by atoms with E-state index in [4.69, 9.17) is 9.84 Å². The smallest absolute Gasteiger partial charge is 0.428 e. The van der Waals surface area contributed by atoms with Crippen LogP contribution in [-0.2, 0) is 4.74 Å². The van der Waals surface area contributed by atoms with Crippen molar-refractivity contribution < 1.29 is 19.4 Å². The van der Waals surface area contributed by atoms with Gasteiger partial charge in [0, 0.05) is 5.56 Å². The number of carboxylic acids is 1. The number of carbonyl (C=O) groups is 2. The van der Waals surface area contributed by atoms with E-state index in [1.807, 2.05) is 0 Å². The molecular weight excluding hydrogens is 248 g/mol. The molecule has 0 aliphatic rings. The largest absolute Gasteiger partial charge is 0.478 e. The standard InChI is InChI=1S/C13H16N2O4/c1-13(2,3)19-12(18)15-14-8-9-6-4-5-7-10(9)11(16)17/h4-8H,1-3H3,(H,15,18)(H,16,17)/b14-8+. The number of aromatic carboxylic acids is 1. The number of benzene rings is 1. The lowest BCUT2D eigenvalue weighted by atomic mass is 10.1. The van der Waals surface area contributed by atoms with Crippen LogP contribution in [0.25, 0.3) is 0 Å². The Labute approximate surface area is 111 Å². The molecule has 0 heterocycles. The maximum absolute atomic E-state index is 11.3. The molecule has 1 aromatic rings. The van der Waals surface area contributed by atoms with Crippen LogP contribution in [-0.4, -0.2) is 29.0 Å². The fourth-order valence-corrected chi connectivity index (χ4v) is 1.26. The minimum absolute atomic E-state index is 0.109. The van der Waals surface area contributed by atoms with Crippen LogP contribution in [0.4, 0.5) is 4.79 Å². The van der Waals surface area contributed by atoms with Gasteiger partial charge in [-0.25, -0.2) is 15.0 Å². The van der Waals surface area contributed by atoms with Crippen LogP contribution in [0.15, 0.2) is 29.4 Å². The van der Waals surface area contributed by atoms with Crippen LogP contribution in [0.1, 0.15) is 36.7 Å². The molecule has 6 nitrogen and oxygen atoms in total. The molecule has 0 fully saturated rings. The van der Waals surface area contributed by atoms with Crippen molar-refractivity contribution in [1.82, 2.24) is 5.43 Å². The van der Waals surface area contributed by atoms with Crippen LogP contribution in [0, 0.1) is 0 Å². The van der Waals surface area contributed by atoms with E-state index in [1.165, 1.54) is 12.3 Å². The zero-order valence-corrected chi connectivity index (χ0v) is 11.0. The highest BCUT2D eigenvalue weighted by Crippen LogP contribution is 2.07. The summed E-state index contributed by atoms with van der Waals surface area (Å²) in [6.07, 6.45) is 0.560. The quantitative estimate of drug-likeness (QED) is 0.647. The first-order valence-electron chi connectivity index (χ1n) is 5.64. The van der Waals surface area contributed by atoms with Gasteiger partial charge in [-0.15, -0.1) is 0 Å². The third-order valence-electron chi connectivity index (χ3n) is 1.95. The Balaban J connectivity index is 2.68. The fourth-order valence-electron chi connectivity index (χ4n) is 1.26. The third kappa shape index (κ3) is 5.20. The van der Waals surface area contributed by atoms with Gasteiger partial charge in [0.25, 0.3) is 0 Å². The minimum atomic E-state index is -1.06. The van der Waals surface area contributed by atoms with E-state index < -0.39 is 17.7 Å². The number of rotatable bonds is 3. The molecule has 0 saturated carbocycles. The van der Waals surface area contributed by atoms with E-state index in [1.54, 1.807) is 39.0 Å². The summed E-state index contributed by atoms with van der Waals surface area (Å²) >= 11 is 0. The van der Waals surface area contributed by atoms with Gasteiger partial charge in [-0.1, -0.05) is 18.2 Å². The number of amides is 1. The van der Waals surface area contributed by atoms with Crippen LogP contribution in [0.5, 0.6) is 0 Å². The van der Waals surface area contributed by atoms with E-state index >= 15 is 0 Å². The van der Waals surface area contributed by atoms with Gasteiger partial charge < -0.3 is 9.84 Å². The van der Waals surface area contributed by atoms with Gasteiger partial charge in [0.15, 0.2) is 0 Å². The lowest BCUT2D eigenvalue weighted by molar-refractivity contribution is 0.0529. The Morgan fingerprint density at radius 2 is 1.95 bits per heavy atom. The number of ether oxygens (including phenoxy) is 1. The lowest BCUT2D eigenvalue weighted by Gasteiger charge is -2.18. The Hall–Kier alpha value is -2.37. The summed E-state index contributed by atoms with van der Waals surface area (Å²) in [6, 6.07) is 6.34. The molecule has 1 rings (SSSR count). The number of hydrogen-bond donors (Lipinski definition) is 2. The summed E-state index contributed by atoms with van der Waals surface area (Å²) in [4.78, 5) is 22.2. The van der Waals surface area contributed by atoms with Crippen molar-refractivity contribution in [3.05, 3.63) is 35.4 Å². The number of nitrogens with one attached hydrogen (secondary N) is 1. The number of carboxylic acid groups (broad SMARTS) is 1. The molecule has 0 atom stereocenters. The molecule has 0 spiro atoms. The average molecular weight is 264 g/mol. The molecule has 0 aliphatic carbocycles. The third-order valence-corrected chi connectivity index (χ3v) is 1.95. The van der Waals surface area contributed by atoms with Crippen LogP contribution in [0.2, 0.25) is 0 Å². The van der Waals surface area contributed by atoms with Crippen molar-refractivity contribution >= 4 is 18.3 Å². The predicted molar refractivity (Wildman–Crippen MR) is 70.4 cm³/mol. The Bertz CT molecular complexity index is 504. The molecule has 0 aliphatic heterocycles. The molecule has 0 aromatic heterocycles. The summed E-state index contributed by atoms with van der Waals surface area (Å²) in [6.45, 7) is 5.20. The molecule has 0 unspecified atom stereocenters. The molecule has 1 amide bonds. The van der Waals surface area contributed by atoms with Crippen molar-refractivity contribution in [2.75, 3.05) is 0 Å². The molecule has 2 N–H and O–H groups in total. The van der Waals surface area contributed by atoms with Gasteiger partial charge in [-0.2, -0.15) is 5.10 Å². The summed E-state index contributed by atoms with van der Waals surface area (Å²) in [7, 11) is 0. The second-order valence-electron chi connectivity index (χ2n) is 4.76. The first-order valence-corrected chi connectivity index (χ1v) is 5.64. The minimum Gasteiger partial charge on any atom is -0.478 e. The Morgan fingerprint density at radius 3 is 2.53 bits per heavy atom. The zero-order chi connectivity index (χ0) is 14.5. The molecule has 102 valence electrons.